The van der Waals surface area contributed by atoms with Crippen molar-refractivity contribution in [2.75, 3.05) is 6.61 Å². The highest BCUT2D eigenvalue weighted by atomic mass is 16.5. The molecule has 0 spiro atoms. The zero-order chi connectivity index (χ0) is 12.2. The van der Waals surface area contributed by atoms with Gasteiger partial charge in [0, 0.05) is 6.92 Å². The van der Waals surface area contributed by atoms with Crippen LogP contribution in [0, 0.1) is 0 Å². The van der Waals surface area contributed by atoms with Crippen molar-refractivity contribution in [3.8, 4) is 0 Å². The first-order valence-electron chi connectivity index (χ1n) is 4.89. The number of benzene rings is 1. The van der Waals surface area contributed by atoms with Gasteiger partial charge in [-0.05, 0) is 12.5 Å². The average molecular weight is 222 g/mol. The number of rotatable bonds is 4. The summed E-state index contributed by atoms with van der Waals surface area (Å²) in [7, 11) is 0. The molecular formula is C12H14O4. The standard InChI is InChI=1S/C12H14O4/c1-9(13)16-8-12(2,11(14)15)10-6-4-3-5-7-10/h3-7H,8H2,1-2H3,(H,14,15)/t12-/m1/s1. The molecule has 0 aliphatic heterocycles. The van der Waals surface area contributed by atoms with Crippen molar-refractivity contribution in [1.82, 2.24) is 0 Å². The van der Waals surface area contributed by atoms with Gasteiger partial charge in [0.05, 0.1) is 0 Å². The molecule has 0 fully saturated rings. The van der Waals surface area contributed by atoms with Crippen molar-refractivity contribution >= 4 is 11.9 Å². The van der Waals surface area contributed by atoms with Crippen molar-refractivity contribution < 1.29 is 19.4 Å². The van der Waals surface area contributed by atoms with Gasteiger partial charge in [-0.3, -0.25) is 9.59 Å². The molecule has 16 heavy (non-hydrogen) atoms. The topological polar surface area (TPSA) is 63.6 Å². The molecular weight excluding hydrogens is 208 g/mol. The third kappa shape index (κ3) is 2.59. The summed E-state index contributed by atoms with van der Waals surface area (Å²) in [6.45, 7) is 2.63. The Kier molecular flexibility index (Phi) is 3.66. The maximum Gasteiger partial charge on any atom is 0.317 e. The Morgan fingerprint density at radius 2 is 1.88 bits per heavy atom. The van der Waals surface area contributed by atoms with Gasteiger partial charge in [0.1, 0.15) is 12.0 Å². The highest BCUT2D eigenvalue weighted by molar-refractivity contribution is 5.81. The van der Waals surface area contributed by atoms with Gasteiger partial charge < -0.3 is 9.84 Å². The third-order valence-corrected chi connectivity index (χ3v) is 2.45. The summed E-state index contributed by atoms with van der Waals surface area (Å²) < 4.78 is 4.80. The average Bonchev–Trinajstić information content (AvgIpc) is 2.26. The maximum absolute atomic E-state index is 11.2. The van der Waals surface area contributed by atoms with E-state index in [1.54, 1.807) is 30.3 Å². The minimum atomic E-state index is -1.20. The maximum atomic E-state index is 11.2. The fourth-order valence-corrected chi connectivity index (χ4v) is 1.32. The lowest BCUT2D eigenvalue weighted by atomic mass is 9.83. The molecule has 4 heteroatoms. The van der Waals surface area contributed by atoms with E-state index in [1.165, 1.54) is 13.8 Å². The van der Waals surface area contributed by atoms with E-state index in [0.717, 1.165) is 0 Å². The van der Waals surface area contributed by atoms with E-state index in [0.29, 0.717) is 5.56 Å². The van der Waals surface area contributed by atoms with Crippen molar-refractivity contribution in [1.29, 1.82) is 0 Å². The molecule has 1 aromatic carbocycles. The zero-order valence-electron chi connectivity index (χ0n) is 9.27. The molecule has 0 amide bonds. The van der Waals surface area contributed by atoms with Crippen LogP contribution in [0.25, 0.3) is 0 Å². The van der Waals surface area contributed by atoms with Gasteiger partial charge in [0.2, 0.25) is 0 Å². The molecule has 4 nitrogen and oxygen atoms in total. The second-order valence-corrected chi connectivity index (χ2v) is 3.78. The molecule has 0 saturated heterocycles. The Bertz CT molecular complexity index is 385. The van der Waals surface area contributed by atoms with Gasteiger partial charge in [0.15, 0.2) is 0 Å². The van der Waals surface area contributed by atoms with E-state index in [2.05, 4.69) is 0 Å². The first kappa shape index (κ1) is 12.2. The van der Waals surface area contributed by atoms with Gasteiger partial charge in [0.25, 0.3) is 0 Å². The molecule has 0 heterocycles. The van der Waals surface area contributed by atoms with Crippen LogP contribution in [-0.2, 0) is 19.7 Å². The predicted molar refractivity (Wildman–Crippen MR) is 58.1 cm³/mol. The molecule has 0 aromatic heterocycles. The first-order valence-corrected chi connectivity index (χ1v) is 4.89. The smallest absolute Gasteiger partial charge is 0.317 e. The fourth-order valence-electron chi connectivity index (χ4n) is 1.32. The van der Waals surface area contributed by atoms with Crippen LogP contribution in [0.4, 0.5) is 0 Å². The molecule has 0 aliphatic rings. The normalized spacial score (nSPS) is 13.9. The molecule has 0 unspecified atom stereocenters. The lowest BCUT2D eigenvalue weighted by Crippen LogP contribution is -2.38. The van der Waals surface area contributed by atoms with Gasteiger partial charge in [-0.25, -0.2) is 0 Å². The van der Waals surface area contributed by atoms with Crippen molar-refractivity contribution in [2.45, 2.75) is 19.3 Å². The molecule has 0 radical (unpaired) electrons. The quantitative estimate of drug-likeness (QED) is 0.786. The van der Waals surface area contributed by atoms with Crippen molar-refractivity contribution in [2.24, 2.45) is 0 Å². The highest BCUT2D eigenvalue weighted by Gasteiger charge is 2.36. The molecule has 0 saturated carbocycles. The highest BCUT2D eigenvalue weighted by Crippen LogP contribution is 2.24. The number of carbonyl (C=O) groups is 2. The number of hydrogen-bond donors (Lipinski definition) is 1. The van der Waals surface area contributed by atoms with E-state index >= 15 is 0 Å². The van der Waals surface area contributed by atoms with E-state index in [9.17, 15) is 14.7 Å². The lowest BCUT2D eigenvalue weighted by molar-refractivity contribution is -0.151. The Morgan fingerprint density at radius 1 is 1.31 bits per heavy atom. The third-order valence-electron chi connectivity index (χ3n) is 2.45. The van der Waals surface area contributed by atoms with Crippen LogP contribution < -0.4 is 0 Å². The van der Waals surface area contributed by atoms with Crippen LogP contribution in [0.2, 0.25) is 0 Å². The van der Waals surface area contributed by atoms with Crippen LogP contribution in [-0.4, -0.2) is 23.7 Å². The minimum absolute atomic E-state index is 0.165. The Hall–Kier alpha value is -1.84. The van der Waals surface area contributed by atoms with E-state index in [1.807, 2.05) is 0 Å². The molecule has 1 N–H and O–H groups in total. The van der Waals surface area contributed by atoms with Crippen LogP contribution in [0.5, 0.6) is 0 Å². The second-order valence-electron chi connectivity index (χ2n) is 3.78. The zero-order valence-corrected chi connectivity index (χ0v) is 9.27. The van der Waals surface area contributed by atoms with Crippen LogP contribution in [0.15, 0.2) is 30.3 Å². The van der Waals surface area contributed by atoms with E-state index in [-0.39, 0.29) is 6.61 Å². The molecule has 1 rings (SSSR count). The van der Waals surface area contributed by atoms with Crippen LogP contribution >= 0.6 is 0 Å². The summed E-state index contributed by atoms with van der Waals surface area (Å²) in [5.74, 6) is -1.50. The summed E-state index contributed by atoms with van der Waals surface area (Å²) >= 11 is 0. The lowest BCUT2D eigenvalue weighted by Gasteiger charge is -2.24. The second kappa shape index (κ2) is 4.79. The van der Waals surface area contributed by atoms with E-state index < -0.39 is 17.4 Å². The van der Waals surface area contributed by atoms with Gasteiger partial charge >= 0.3 is 11.9 Å². The fraction of sp³-hybridized carbons (Fsp3) is 0.333. The molecule has 0 bridgehead atoms. The summed E-state index contributed by atoms with van der Waals surface area (Å²) in [6.07, 6.45) is 0. The Labute approximate surface area is 93.9 Å². The monoisotopic (exact) mass is 222 g/mol. The SMILES string of the molecule is CC(=O)OC[C@@](C)(C(=O)O)c1ccccc1. The predicted octanol–water partition coefficient (Wildman–Crippen LogP) is 1.59. The van der Waals surface area contributed by atoms with Crippen LogP contribution in [0.1, 0.15) is 19.4 Å². The number of carboxylic acids is 1. The van der Waals surface area contributed by atoms with Gasteiger partial charge in [-0.1, -0.05) is 30.3 Å². The summed E-state index contributed by atoms with van der Waals surface area (Å²) in [6, 6.07) is 8.72. The molecule has 1 atom stereocenters. The summed E-state index contributed by atoms with van der Waals surface area (Å²) in [5.41, 5.74) is -0.587. The summed E-state index contributed by atoms with van der Waals surface area (Å²) in [5, 5.41) is 9.21. The number of hydrogen-bond acceptors (Lipinski definition) is 3. The Morgan fingerprint density at radius 3 is 2.31 bits per heavy atom. The summed E-state index contributed by atoms with van der Waals surface area (Å²) in [4.78, 5) is 22.0. The number of carbonyl (C=O) groups excluding carboxylic acids is 1. The molecule has 0 aliphatic carbocycles. The van der Waals surface area contributed by atoms with Gasteiger partial charge in [-0.2, -0.15) is 0 Å². The first-order chi connectivity index (χ1) is 7.47. The molecule has 1 aromatic rings. The number of carboxylic acid groups (broad SMARTS) is 1. The number of ether oxygens (including phenoxy) is 1. The van der Waals surface area contributed by atoms with Crippen molar-refractivity contribution in [3.05, 3.63) is 35.9 Å². The van der Waals surface area contributed by atoms with Gasteiger partial charge in [-0.15, -0.1) is 0 Å². The molecule has 86 valence electrons. The Balaban J connectivity index is 2.98. The number of aliphatic carboxylic acids is 1. The van der Waals surface area contributed by atoms with Crippen LogP contribution in [0.3, 0.4) is 0 Å². The number of esters is 1. The largest absolute Gasteiger partial charge is 0.480 e. The van der Waals surface area contributed by atoms with E-state index in [4.69, 9.17) is 4.74 Å². The van der Waals surface area contributed by atoms with Crippen molar-refractivity contribution in [3.63, 3.8) is 0 Å². The minimum Gasteiger partial charge on any atom is -0.480 e.